The number of rotatable bonds is 4. The molecular weight excluding hydrogens is 212 g/mol. The van der Waals surface area contributed by atoms with E-state index in [1.54, 1.807) is 7.05 Å². The Morgan fingerprint density at radius 3 is 2.60 bits per heavy atom. The molecule has 15 heavy (non-hydrogen) atoms. The molecule has 0 aliphatic carbocycles. The quantitative estimate of drug-likeness (QED) is 0.804. The molecule has 1 amide bonds. The summed E-state index contributed by atoms with van der Waals surface area (Å²) >= 11 is 1.27. The Bertz CT molecular complexity index is 346. The van der Waals surface area contributed by atoms with Gasteiger partial charge in [0.05, 0.1) is 0 Å². The topological polar surface area (TPSA) is 71.2 Å². The molecule has 0 saturated carbocycles. The fourth-order valence-electron chi connectivity index (χ4n) is 1.36. The third-order valence-electron chi connectivity index (χ3n) is 2.21. The van der Waals surface area contributed by atoms with Crippen LogP contribution in [0.3, 0.4) is 0 Å². The van der Waals surface area contributed by atoms with Gasteiger partial charge < -0.3 is 16.0 Å². The number of carbonyl (C=O) groups is 1. The van der Waals surface area contributed by atoms with Crippen molar-refractivity contribution >= 4 is 28.3 Å². The van der Waals surface area contributed by atoms with Crippen LogP contribution in [0.1, 0.15) is 24.2 Å². The van der Waals surface area contributed by atoms with Gasteiger partial charge in [-0.25, -0.2) is 0 Å². The van der Waals surface area contributed by atoms with Crippen LogP contribution in [0.25, 0.3) is 0 Å². The first-order valence-electron chi connectivity index (χ1n) is 4.87. The molecular formula is C9H16N4OS. The largest absolute Gasteiger partial charge is 0.382 e. The molecule has 0 aromatic carbocycles. The first-order chi connectivity index (χ1) is 7.15. The Hall–Kier alpha value is -1.30. The number of nitrogen functional groups attached to an aromatic ring is 1. The maximum atomic E-state index is 11.6. The average Bonchev–Trinajstić information content (AvgIpc) is 2.61. The van der Waals surface area contributed by atoms with Gasteiger partial charge in [-0.3, -0.25) is 4.79 Å². The molecule has 6 heteroatoms. The Morgan fingerprint density at radius 2 is 2.13 bits per heavy atom. The zero-order valence-corrected chi connectivity index (χ0v) is 10.0. The smallest absolute Gasteiger partial charge is 0.257 e. The first kappa shape index (κ1) is 11.8. The molecule has 0 aliphatic heterocycles. The van der Waals surface area contributed by atoms with Crippen LogP contribution >= 0.6 is 11.5 Å². The fraction of sp³-hybridized carbons (Fsp3) is 0.556. The van der Waals surface area contributed by atoms with Crippen LogP contribution in [0, 0.1) is 0 Å². The minimum Gasteiger partial charge on any atom is -0.382 e. The molecule has 1 heterocycles. The van der Waals surface area contributed by atoms with Crippen LogP contribution in [0.4, 0.5) is 10.8 Å². The van der Waals surface area contributed by atoms with E-state index in [1.807, 2.05) is 13.8 Å². The highest BCUT2D eigenvalue weighted by Gasteiger charge is 2.21. The average molecular weight is 228 g/mol. The highest BCUT2D eigenvalue weighted by Crippen LogP contribution is 2.30. The van der Waals surface area contributed by atoms with Crippen LogP contribution < -0.4 is 16.0 Å². The third kappa shape index (κ3) is 2.20. The van der Waals surface area contributed by atoms with E-state index in [0.29, 0.717) is 11.4 Å². The minimum atomic E-state index is -0.178. The molecule has 1 rings (SSSR count). The van der Waals surface area contributed by atoms with Gasteiger partial charge in [-0.1, -0.05) is 0 Å². The minimum absolute atomic E-state index is 0.178. The van der Waals surface area contributed by atoms with Crippen molar-refractivity contribution in [3.63, 3.8) is 0 Å². The van der Waals surface area contributed by atoms with Crippen LogP contribution in [-0.2, 0) is 0 Å². The van der Waals surface area contributed by atoms with E-state index in [4.69, 9.17) is 5.73 Å². The molecule has 0 bridgehead atoms. The van der Waals surface area contributed by atoms with Gasteiger partial charge in [0.15, 0.2) is 5.82 Å². The van der Waals surface area contributed by atoms with Gasteiger partial charge in [-0.15, -0.1) is 0 Å². The van der Waals surface area contributed by atoms with Gasteiger partial charge in [0.2, 0.25) is 0 Å². The first-order valence-corrected chi connectivity index (χ1v) is 5.65. The molecule has 5 nitrogen and oxygen atoms in total. The number of nitrogens with one attached hydrogen (secondary N) is 1. The van der Waals surface area contributed by atoms with E-state index in [-0.39, 0.29) is 5.91 Å². The summed E-state index contributed by atoms with van der Waals surface area (Å²) in [6, 6.07) is 0. The zero-order valence-electron chi connectivity index (χ0n) is 9.20. The normalized spacial score (nSPS) is 10.1. The van der Waals surface area contributed by atoms with Crippen molar-refractivity contribution in [3.05, 3.63) is 5.56 Å². The van der Waals surface area contributed by atoms with E-state index >= 15 is 0 Å². The van der Waals surface area contributed by atoms with Gasteiger partial charge in [-0.05, 0) is 25.4 Å². The summed E-state index contributed by atoms with van der Waals surface area (Å²) in [5.41, 5.74) is 6.17. The van der Waals surface area contributed by atoms with E-state index in [0.717, 1.165) is 18.1 Å². The monoisotopic (exact) mass is 228 g/mol. The standard InChI is InChI=1S/C9H16N4OS/c1-4-13(5-2)9-6(8(14)11-3)7(10)12-15-9/h4-5H2,1-3H3,(H2,10,12)(H,11,14). The van der Waals surface area contributed by atoms with Crippen molar-refractivity contribution in [2.24, 2.45) is 0 Å². The second-order valence-electron chi connectivity index (χ2n) is 3.00. The lowest BCUT2D eigenvalue weighted by molar-refractivity contribution is 0.0964. The highest BCUT2D eigenvalue weighted by atomic mass is 32.1. The predicted molar refractivity (Wildman–Crippen MR) is 63.5 cm³/mol. The maximum Gasteiger partial charge on any atom is 0.257 e. The third-order valence-corrected chi connectivity index (χ3v) is 3.13. The number of hydrogen-bond donors (Lipinski definition) is 2. The van der Waals surface area contributed by atoms with Gasteiger partial charge >= 0.3 is 0 Å². The number of nitrogens with zero attached hydrogens (tertiary/aromatic N) is 2. The summed E-state index contributed by atoms with van der Waals surface area (Å²) in [5.74, 6) is 0.129. The summed E-state index contributed by atoms with van der Waals surface area (Å²) < 4.78 is 4.02. The molecule has 3 N–H and O–H groups in total. The molecule has 1 aromatic rings. The van der Waals surface area contributed by atoms with E-state index < -0.39 is 0 Å². The van der Waals surface area contributed by atoms with Crippen molar-refractivity contribution in [2.45, 2.75) is 13.8 Å². The van der Waals surface area contributed by atoms with Crippen LogP contribution in [0.5, 0.6) is 0 Å². The zero-order chi connectivity index (χ0) is 11.4. The molecule has 0 unspecified atom stereocenters. The summed E-state index contributed by atoms with van der Waals surface area (Å²) in [4.78, 5) is 13.7. The lowest BCUT2D eigenvalue weighted by atomic mass is 10.2. The van der Waals surface area contributed by atoms with Crippen molar-refractivity contribution in [1.82, 2.24) is 9.69 Å². The lowest BCUT2D eigenvalue weighted by Gasteiger charge is -2.19. The molecule has 0 fully saturated rings. The Kier molecular flexibility index (Phi) is 3.90. The molecule has 0 aliphatic rings. The summed E-state index contributed by atoms with van der Waals surface area (Å²) in [5, 5.41) is 3.42. The number of aromatic nitrogens is 1. The van der Waals surface area contributed by atoms with E-state index in [9.17, 15) is 4.79 Å². The maximum absolute atomic E-state index is 11.6. The number of carbonyl (C=O) groups excluding carboxylic acids is 1. The Labute approximate surface area is 93.4 Å². The molecule has 0 radical (unpaired) electrons. The Balaban J connectivity index is 3.13. The van der Waals surface area contributed by atoms with Gasteiger partial charge in [0, 0.05) is 20.1 Å². The molecule has 1 aromatic heterocycles. The van der Waals surface area contributed by atoms with Crippen molar-refractivity contribution in [3.8, 4) is 0 Å². The summed E-state index contributed by atoms with van der Waals surface area (Å²) in [6.45, 7) is 5.74. The number of anilines is 2. The van der Waals surface area contributed by atoms with Crippen LogP contribution in [-0.4, -0.2) is 30.4 Å². The van der Waals surface area contributed by atoms with E-state index in [1.165, 1.54) is 11.5 Å². The second kappa shape index (κ2) is 4.97. The predicted octanol–water partition coefficient (Wildman–Crippen LogP) is 0.931. The highest BCUT2D eigenvalue weighted by molar-refractivity contribution is 7.11. The Morgan fingerprint density at radius 1 is 1.53 bits per heavy atom. The van der Waals surface area contributed by atoms with E-state index in [2.05, 4.69) is 14.6 Å². The molecule has 0 saturated heterocycles. The molecule has 0 atom stereocenters. The summed E-state index contributed by atoms with van der Waals surface area (Å²) in [7, 11) is 1.59. The van der Waals surface area contributed by atoms with Crippen LogP contribution in [0.15, 0.2) is 0 Å². The second-order valence-corrected chi connectivity index (χ2v) is 3.75. The SMILES string of the molecule is CCN(CC)c1snc(N)c1C(=O)NC. The van der Waals surface area contributed by atoms with Gasteiger partial charge in [-0.2, -0.15) is 4.37 Å². The lowest BCUT2D eigenvalue weighted by Crippen LogP contribution is -2.26. The number of amides is 1. The van der Waals surface area contributed by atoms with Gasteiger partial charge in [0.25, 0.3) is 5.91 Å². The van der Waals surface area contributed by atoms with Crippen molar-refractivity contribution in [2.75, 3.05) is 30.8 Å². The fourth-order valence-corrected chi connectivity index (χ4v) is 2.30. The van der Waals surface area contributed by atoms with Crippen LogP contribution in [0.2, 0.25) is 0 Å². The molecule has 0 spiro atoms. The number of nitrogens with two attached hydrogens (primary N) is 1. The molecule has 84 valence electrons. The summed E-state index contributed by atoms with van der Waals surface area (Å²) in [6.07, 6.45) is 0. The van der Waals surface area contributed by atoms with Crippen molar-refractivity contribution in [1.29, 1.82) is 0 Å². The van der Waals surface area contributed by atoms with Crippen molar-refractivity contribution < 1.29 is 4.79 Å². The van der Waals surface area contributed by atoms with Gasteiger partial charge in [0.1, 0.15) is 10.6 Å². The number of hydrogen-bond acceptors (Lipinski definition) is 5.